The minimum absolute atomic E-state index is 0.000879. The number of aliphatic imine (C=N–C) groups is 1. The van der Waals surface area contributed by atoms with Gasteiger partial charge in [-0.2, -0.15) is 0 Å². The molecule has 1 aliphatic rings. The third-order valence-corrected chi connectivity index (χ3v) is 5.27. The molecule has 1 unspecified atom stereocenters. The van der Waals surface area contributed by atoms with Crippen LogP contribution in [0.25, 0.3) is 0 Å². The van der Waals surface area contributed by atoms with Crippen molar-refractivity contribution >= 4 is 57.6 Å². The van der Waals surface area contributed by atoms with Crippen LogP contribution in [0.15, 0.2) is 46.0 Å². The van der Waals surface area contributed by atoms with Crippen LogP contribution in [0.4, 0.5) is 5.69 Å². The van der Waals surface area contributed by atoms with E-state index in [1.807, 2.05) is 0 Å². The van der Waals surface area contributed by atoms with E-state index in [2.05, 4.69) is 15.6 Å². The van der Waals surface area contributed by atoms with Crippen molar-refractivity contribution in [2.24, 2.45) is 4.99 Å². The summed E-state index contributed by atoms with van der Waals surface area (Å²) in [6, 6.07) is 8.52. The van der Waals surface area contributed by atoms with E-state index in [9.17, 15) is 9.59 Å². The van der Waals surface area contributed by atoms with E-state index in [4.69, 9.17) is 27.6 Å². The van der Waals surface area contributed by atoms with Gasteiger partial charge in [0.05, 0.1) is 28.5 Å². The zero-order chi connectivity index (χ0) is 17.8. The van der Waals surface area contributed by atoms with Gasteiger partial charge in [-0.05, 0) is 24.3 Å². The number of amides is 2. The number of hydrogen-bond donors (Lipinski definition) is 2. The summed E-state index contributed by atoms with van der Waals surface area (Å²) < 4.78 is 5.18. The van der Waals surface area contributed by atoms with Crippen molar-refractivity contribution in [3.63, 3.8) is 0 Å². The second kappa shape index (κ2) is 7.95. The van der Waals surface area contributed by atoms with Crippen LogP contribution < -0.4 is 10.6 Å². The average molecular weight is 398 g/mol. The maximum atomic E-state index is 12.2. The Hall–Kier alpha value is -1.96. The number of carbonyl (C=O) groups is 2. The van der Waals surface area contributed by atoms with Gasteiger partial charge in [-0.15, -0.1) is 0 Å². The van der Waals surface area contributed by atoms with Gasteiger partial charge in [-0.1, -0.05) is 41.0 Å². The molecule has 6 nitrogen and oxygen atoms in total. The highest BCUT2D eigenvalue weighted by Gasteiger charge is 2.32. The number of nitrogens with one attached hydrogen (secondary N) is 2. The molecule has 1 fully saturated rings. The second-order valence-electron chi connectivity index (χ2n) is 5.15. The monoisotopic (exact) mass is 397 g/mol. The lowest BCUT2D eigenvalue weighted by atomic mass is 10.2. The summed E-state index contributed by atoms with van der Waals surface area (Å²) in [5, 5.41) is 5.86. The first-order valence-corrected chi connectivity index (χ1v) is 8.94. The Kier molecular flexibility index (Phi) is 5.67. The van der Waals surface area contributed by atoms with Crippen molar-refractivity contribution in [1.29, 1.82) is 0 Å². The first kappa shape index (κ1) is 17.8. The fourth-order valence-electron chi connectivity index (χ4n) is 2.14. The normalized spacial score (nSPS) is 18.4. The highest BCUT2D eigenvalue weighted by Crippen LogP contribution is 2.30. The van der Waals surface area contributed by atoms with Crippen molar-refractivity contribution < 1.29 is 14.0 Å². The van der Waals surface area contributed by atoms with Crippen molar-refractivity contribution in [3.8, 4) is 0 Å². The third kappa shape index (κ3) is 4.56. The Labute approximate surface area is 158 Å². The topological polar surface area (TPSA) is 83.7 Å². The quantitative estimate of drug-likeness (QED) is 0.805. The Bertz CT molecular complexity index is 824. The number of carbonyl (C=O) groups excluding carboxylic acids is 2. The lowest BCUT2D eigenvalue weighted by Crippen LogP contribution is -2.28. The van der Waals surface area contributed by atoms with Gasteiger partial charge in [-0.3, -0.25) is 14.6 Å². The first-order valence-electron chi connectivity index (χ1n) is 7.31. The van der Waals surface area contributed by atoms with Gasteiger partial charge >= 0.3 is 0 Å². The van der Waals surface area contributed by atoms with Crippen LogP contribution in [0.5, 0.6) is 0 Å². The van der Waals surface area contributed by atoms with Crippen LogP contribution in [-0.2, 0) is 16.1 Å². The van der Waals surface area contributed by atoms with Crippen LogP contribution in [0.2, 0.25) is 10.0 Å². The van der Waals surface area contributed by atoms with E-state index >= 15 is 0 Å². The summed E-state index contributed by atoms with van der Waals surface area (Å²) in [4.78, 5) is 28.4. The van der Waals surface area contributed by atoms with E-state index in [1.165, 1.54) is 11.8 Å². The number of anilines is 1. The van der Waals surface area contributed by atoms with Crippen molar-refractivity contribution in [1.82, 2.24) is 5.32 Å². The largest absolute Gasteiger partial charge is 0.467 e. The molecule has 1 atom stereocenters. The van der Waals surface area contributed by atoms with Gasteiger partial charge in [0.1, 0.15) is 11.0 Å². The number of benzene rings is 1. The van der Waals surface area contributed by atoms with Crippen molar-refractivity contribution in [3.05, 3.63) is 52.4 Å². The highest BCUT2D eigenvalue weighted by molar-refractivity contribution is 8.15. The third-order valence-electron chi connectivity index (χ3n) is 3.33. The molecule has 1 aromatic heterocycles. The number of halogens is 2. The van der Waals surface area contributed by atoms with E-state index in [-0.39, 0.29) is 23.3 Å². The molecule has 3 rings (SSSR count). The number of rotatable bonds is 5. The fraction of sp³-hybridized carbons (Fsp3) is 0.188. The SMILES string of the molecule is O=C(CC1SC(=NCc2ccco2)NC1=O)Nc1cccc(Cl)c1Cl. The van der Waals surface area contributed by atoms with E-state index in [0.29, 0.717) is 28.2 Å². The Balaban J connectivity index is 1.57. The highest BCUT2D eigenvalue weighted by atomic mass is 35.5. The van der Waals surface area contributed by atoms with Gasteiger partial charge in [0.25, 0.3) is 0 Å². The average Bonchev–Trinajstić information content (AvgIpc) is 3.20. The molecular formula is C16H13Cl2N3O3S. The van der Waals surface area contributed by atoms with E-state index in [1.54, 1.807) is 36.6 Å². The van der Waals surface area contributed by atoms with Gasteiger partial charge in [0.2, 0.25) is 11.8 Å². The summed E-state index contributed by atoms with van der Waals surface area (Å²) in [7, 11) is 0. The molecule has 130 valence electrons. The molecule has 0 aliphatic carbocycles. The molecule has 2 aromatic rings. The molecule has 0 bridgehead atoms. The minimum atomic E-state index is -0.548. The van der Waals surface area contributed by atoms with E-state index in [0.717, 1.165) is 0 Å². The fourth-order valence-corrected chi connectivity index (χ4v) is 3.45. The van der Waals surface area contributed by atoms with Gasteiger partial charge < -0.3 is 15.1 Å². The Morgan fingerprint density at radius 2 is 2.16 bits per heavy atom. The predicted octanol–water partition coefficient (Wildman–Crippen LogP) is 3.70. The molecule has 9 heteroatoms. The van der Waals surface area contributed by atoms with Crippen molar-refractivity contribution in [2.45, 2.75) is 18.2 Å². The van der Waals surface area contributed by atoms with Crippen LogP contribution in [-0.4, -0.2) is 22.2 Å². The smallest absolute Gasteiger partial charge is 0.240 e. The molecule has 2 amide bonds. The molecule has 2 heterocycles. The molecule has 0 saturated carbocycles. The maximum absolute atomic E-state index is 12.2. The number of nitrogens with zero attached hydrogens (tertiary/aromatic N) is 1. The Morgan fingerprint density at radius 3 is 2.92 bits per heavy atom. The molecule has 0 radical (unpaired) electrons. The maximum Gasteiger partial charge on any atom is 0.240 e. The standard InChI is InChI=1S/C16H13Cl2N3O3S/c17-10-4-1-5-11(14(10)18)20-13(22)7-12-15(23)21-16(25-12)19-8-9-3-2-6-24-9/h1-6,12H,7-8H2,(H,20,22)(H,19,21,23). The summed E-state index contributed by atoms with van der Waals surface area (Å²) >= 11 is 13.2. The van der Waals surface area contributed by atoms with Gasteiger partial charge in [-0.25, -0.2) is 0 Å². The first-order chi connectivity index (χ1) is 12.0. The van der Waals surface area contributed by atoms with E-state index < -0.39 is 5.25 Å². The second-order valence-corrected chi connectivity index (χ2v) is 7.13. The number of amidine groups is 1. The zero-order valence-corrected chi connectivity index (χ0v) is 15.1. The van der Waals surface area contributed by atoms with Gasteiger partial charge in [0.15, 0.2) is 5.17 Å². The molecule has 0 spiro atoms. The summed E-state index contributed by atoms with van der Waals surface area (Å²) in [6.45, 7) is 0.326. The summed E-state index contributed by atoms with van der Waals surface area (Å²) in [5.74, 6) is 0.110. The predicted molar refractivity (Wildman–Crippen MR) is 99.1 cm³/mol. The molecular weight excluding hydrogens is 385 g/mol. The lowest BCUT2D eigenvalue weighted by Gasteiger charge is -2.09. The van der Waals surface area contributed by atoms with Crippen LogP contribution >= 0.6 is 35.0 Å². The molecule has 1 saturated heterocycles. The molecule has 1 aliphatic heterocycles. The summed E-state index contributed by atoms with van der Waals surface area (Å²) in [5.41, 5.74) is 0.411. The number of furan rings is 1. The molecule has 1 aromatic carbocycles. The number of thioether (sulfide) groups is 1. The Morgan fingerprint density at radius 1 is 1.32 bits per heavy atom. The van der Waals surface area contributed by atoms with Crippen LogP contribution in [0.1, 0.15) is 12.2 Å². The number of hydrogen-bond acceptors (Lipinski definition) is 5. The van der Waals surface area contributed by atoms with Crippen LogP contribution in [0.3, 0.4) is 0 Å². The van der Waals surface area contributed by atoms with Crippen molar-refractivity contribution in [2.75, 3.05) is 5.32 Å². The zero-order valence-electron chi connectivity index (χ0n) is 12.8. The van der Waals surface area contributed by atoms with Gasteiger partial charge in [0, 0.05) is 6.42 Å². The molecule has 2 N–H and O–H groups in total. The molecule has 25 heavy (non-hydrogen) atoms. The minimum Gasteiger partial charge on any atom is -0.467 e. The lowest BCUT2D eigenvalue weighted by molar-refractivity contribution is -0.122. The summed E-state index contributed by atoms with van der Waals surface area (Å²) in [6.07, 6.45) is 1.56. The van der Waals surface area contributed by atoms with Crippen LogP contribution in [0, 0.1) is 0 Å².